The normalized spacial score (nSPS) is 11.1. The molecule has 0 aromatic heterocycles. The van der Waals surface area contributed by atoms with Gasteiger partial charge in [-0.05, 0) is 61.9 Å². The predicted molar refractivity (Wildman–Crippen MR) is 121 cm³/mol. The maximum absolute atomic E-state index is 12.9. The van der Waals surface area contributed by atoms with Crippen LogP contribution in [0.15, 0.2) is 83.0 Å². The van der Waals surface area contributed by atoms with Crippen molar-refractivity contribution in [2.45, 2.75) is 13.8 Å². The van der Waals surface area contributed by atoms with Crippen LogP contribution in [0.1, 0.15) is 27.0 Å². The quantitative estimate of drug-likeness (QED) is 0.507. The maximum atomic E-state index is 12.9. The SMILES string of the molecule is Cc1ccc(NC(=O)C(=Cc2ccc(Br)cc2)NC(=O)c2ccc(C)cc2)cc1. The minimum Gasteiger partial charge on any atom is -0.321 e. The molecule has 0 fully saturated rings. The van der Waals surface area contributed by atoms with Crippen molar-refractivity contribution in [3.63, 3.8) is 0 Å². The zero-order chi connectivity index (χ0) is 20.8. The van der Waals surface area contributed by atoms with Crippen LogP contribution in [0.4, 0.5) is 5.69 Å². The zero-order valence-electron chi connectivity index (χ0n) is 16.2. The van der Waals surface area contributed by atoms with Gasteiger partial charge in [0.15, 0.2) is 0 Å². The molecule has 0 saturated heterocycles. The molecule has 0 unspecified atom stereocenters. The molecule has 29 heavy (non-hydrogen) atoms. The molecule has 0 atom stereocenters. The van der Waals surface area contributed by atoms with E-state index in [2.05, 4.69) is 26.6 Å². The van der Waals surface area contributed by atoms with Gasteiger partial charge in [0.05, 0.1) is 0 Å². The molecule has 0 aliphatic heterocycles. The first-order valence-corrected chi connectivity index (χ1v) is 9.93. The molecular formula is C24H21BrN2O2. The average molecular weight is 449 g/mol. The Hall–Kier alpha value is -3.18. The van der Waals surface area contributed by atoms with Crippen molar-refractivity contribution in [2.24, 2.45) is 0 Å². The highest BCUT2D eigenvalue weighted by Gasteiger charge is 2.15. The Kier molecular flexibility index (Phi) is 6.62. The van der Waals surface area contributed by atoms with E-state index in [1.807, 2.05) is 74.5 Å². The highest BCUT2D eigenvalue weighted by molar-refractivity contribution is 9.10. The minimum atomic E-state index is -0.391. The van der Waals surface area contributed by atoms with Crippen LogP contribution in [0.2, 0.25) is 0 Å². The molecule has 0 saturated carbocycles. The van der Waals surface area contributed by atoms with E-state index in [4.69, 9.17) is 0 Å². The Balaban J connectivity index is 1.86. The van der Waals surface area contributed by atoms with Crippen LogP contribution in [0.25, 0.3) is 6.08 Å². The summed E-state index contributed by atoms with van der Waals surface area (Å²) in [7, 11) is 0. The van der Waals surface area contributed by atoms with Crippen molar-refractivity contribution in [2.75, 3.05) is 5.32 Å². The minimum absolute atomic E-state index is 0.165. The molecule has 146 valence electrons. The maximum Gasteiger partial charge on any atom is 0.272 e. The van der Waals surface area contributed by atoms with Crippen LogP contribution < -0.4 is 10.6 Å². The summed E-state index contributed by atoms with van der Waals surface area (Å²) >= 11 is 3.40. The van der Waals surface area contributed by atoms with Crippen LogP contribution in [0, 0.1) is 13.8 Å². The Bertz CT molecular complexity index is 1040. The van der Waals surface area contributed by atoms with E-state index in [1.54, 1.807) is 18.2 Å². The van der Waals surface area contributed by atoms with E-state index < -0.39 is 5.91 Å². The molecule has 0 heterocycles. The van der Waals surface area contributed by atoms with Crippen molar-refractivity contribution >= 4 is 39.5 Å². The van der Waals surface area contributed by atoms with Crippen LogP contribution in [-0.2, 0) is 4.79 Å². The van der Waals surface area contributed by atoms with Crippen LogP contribution in [0.3, 0.4) is 0 Å². The number of rotatable bonds is 5. The van der Waals surface area contributed by atoms with E-state index >= 15 is 0 Å². The number of carbonyl (C=O) groups excluding carboxylic acids is 2. The van der Waals surface area contributed by atoms with Gasteiger partial charge in [0.2, 0.25) is 0 Å². The van der Waals surface area contributed by atoms with Crippen LogP contribution >= 0.6 is 15.9 Å². The third-order valence-corrected chi connectivity index (χ3v) is 4.83. The summed E-state index contributed by atoms with van der Waals surface area (Å²) in [6, 6.07) is 22.2. The number of benzene rings is 3. The smallest absolute Gasteiger partial charge is 0.272 e. The topological polar surface area (TPSA) is 58.2 Å². The summed E-state index contributed by atoms with van der Waals surface area (Å²) in [5, 5.41) is 5.58. The summed E-state index contributed by atoms with van der Waals surface area (Å²) in [5.41, 5.74) is 4.27. The molecule has 0 aliphatic carbocycles. The number of hydrogen-bond acceptors (Lipinski definition) is 2. The Morgan fingerprint density at radius 3 is 1.93 bits per heavy atom. The Morgan fingerprint density at radius 1 is 0.793 bits per heavy atom. The Morgan fingerprint density at radius 2 is 1.34 bits per heavy atom. The van der Waals surface area contributed by atoms with Crippen molar-refractivity contribution in [1.29, 1.82) is 0 Å². The van der Waals surface area contributed by atoms with Crippen molar-refractivity contribution < 1.29 is 9.59 Å². The number of carbonyl (C=O) groups is 2. The number of amides is 2. The molecular weight excluding hydrogens is 428 g/mol. The first-order valence-electron chi connectivity index (χ1n) is 9.14. The predicted octanol–water partition coefficient (Wildman–Crippen LogP) is 5.48. The lowest BCUT2D eigenvalue weighted by atomic mass is 10.1. The summed E-state index contributed by atoms with van der Waals surface area (Å²) in [5.74, 6) is -0.732. The van der Waals surface area contributed by atoms with E-state index in [-0.39, 0.29) is 11.6 Å². The molecule has 0 aliphatic rings. The second-order valence-electron chi connectivity index (χ2n) is 6.75. The zero-order valence-corrected chi connectivity index (χ0v) is 17.8. The van der Waals surface area contributed by atoms with E-state index in [0.29, 0.717) is 11.3 Å². The molecule has 3 aromatic carbocycles. The third-order valence-electron chi connectivity index (χ3n) is 4.30. The number of nitrogens with one attached hydrogen (secondary N) is 2. The largest absolute Gasteiger partial charge is 0.321 e. The van der Waals surface area contributed by atoms with E-state index in [0.717, 1.165) is 21.2 Å². The molecule has 3 rings (SSSR count). The Labute approximate surface area is 178 Å². The fraction of sp³-hybridized carbons (Fsp3) is 0.0833. The first kappa shape index (κ1) is 20.6. The van der Waals surface area contributed by atoms with Gasteiger partial charge in [-0.15, -0.1) is 0 Å². The molecule has 4 nitrogen and oxygen atoms in total. The summed E-state index contributed by atoms with van der Waals surface area (Å²) in [6.45, 7) is 3.93. The lowest BCUT2D eigenvalue weighted by molar-refractivity contribution is -0.113. The second kappa shape index (κ2) is 9.34. The highest BCUT2D eigenvalue weighted by Crippen LogP contribution is 2.15. The van der Waals surface area contributed by atoms with Gasteiger partial charge < -0.3 is 10.6 Å². The van der Waals surface area contributed by atoms with Crippen LogP contribution in [-0.4, -0.2) is 11.8 Å². The number of aryl methyl sites for hydroxylation is 2. The molecule has 0 spiro atoms. The first-order chi connectivity index (χ1) is 13.9. The van der Waals surface area contributed by atoms with Crippen molar-refractivity contribution in [1.82, 2.24) is 5.32 Å². The third kappa shape index (κ3) is 5.90. The molecule has 2 N–H and O–H groups in total. The van der Waals surface area contributed by atoms with Gasteiger partial charge in [0.1, 0.15) is 5.70 Å². The van der Waals surface area contributed by atoms with Gasteiger partial charge in [-0.3, -0.25) is 9.59 Å². The van der Waals surface area contributed by atoms with Crippen molar-refractivity contribution in [3.8, 4) is 0 Å². The fourth-order valence-electron chi connectivity index (χ4n) is 2.62. The molecule has 3 aromatic rings. The fourth-order valence-corrected chi connectivity index (χ4v) is 2.88. The molecule has 0 bridgehead atoms. The monoisotopic (exact) mass is 448 g/mol. The van der Waals surface area contributed by atoms with E-state index in [9.17, 15) is 9.59 Å². The van der Waals surface area contributed by atoms with Gasteiger partial charge in [0, 0.05) is 15.7 Å². The molecule has 0 radical (unpaired) electrons. The standard InChI is InChI=1S/C24H21BrN2O2/c1-16-3-9-19(10-4-16)23(28)27-22(15-18-7-11-20(25)12-8-18)24(29)26-21-13-5-17(2)6-14-21/h3-15H,1-2H3,(H,26,29)(H,27,28). The van der Waals surface area contributed by atoms with Gasteiger partial charge in [-0.25, -0.2) is 0 Å². The lowest BCUT2D eigenvalue weighted by Crippen LogP contribution is -2.30. The number of halogens is 1. The van der Waals surface area contributed by atoms with E-state index in [1.165, 1.54) is 0 Å². The lowest BCUT2D eigenvalue weighted by Gasteiger charge is -2.12. The van der Waals surface area contributed by atoms with Crippen LogP contribution in [0.5, 0.6) is 0 Å². The van der Waals surface area contributed by atoms with Gasteiger partial charge in [0.25, 0.3) is 11.8 Å². The summed E-state index contributed by atoms with van der Waals surface area (Å²) < 4.78 is 0.934. The number of anilines is 1. The van der Waals surface area contributed by atoms with Crippen molar-refractivity contribution in [3.05, 3.63) is 105 Å². The highest BCUT2D eigenvalue weighted by atomic mass is 79.9. The summed E-state index contributed by atoms with van der Waals surface area (Å²) in [6.07, 6.45) is 1.65. The number of hydrogen-bond donors (Lipinski definition) is 2. The second-order valence-corrected chi connectivity index (χ2v) is 7.67. The van der Waals surface area contributed by atoms with Gasteiger partial charge in [-0.1, -0.05) is 63.5 Å². The summed E-state index contributed by atoms with van der Waals surface area (Å²) in [4.78, 5) is 25.6. The molecule has 2 amide bonds. The van der Waals surface area contributed by atoms with Gasteiger partial charge in [-0.2, -0.15) is 0 Å². The average Bonchev–Trinajstić information content (AvgIpc) is 2.71. The molecule has 5 heteroatoms. The van der Waals surface area contributed by atoms with Gasteiger partial charge >= 0.3 is 0 Å².